The van der Waals surface area contributed by atoms with Crippen LogP contribution in [0.2, 0.25) is 0 Å². The minimum Gasteiger partial charge on any atom is -0.356 e. The summed E-state index contributed by atoms with van der Waals surface area (Å²) in [5.74, 6) is -0.111. The molecule has 1 N–H and O–H groups in total. The van der Waals surface area contributed by atoms with E-state index in [1.807, 2.05) is 0 Å². The van der Waals surface area contributed by atoms with Gasteiger partial charge in [-0.3, -0.25) is 19.3 Å². The van der Waals surface area contributed by atoms with Crippen LogP contribution in [0.1, 0.15) is 40.0 Å². The molecule has 0 atom stereocenters. The molecule has 0 aliphatic carbocycles. The van der Waals surface area contributed by atoms with Crippen molar-refractivity contribution in [3.63, 3.8) is 0 Å². The molecule has 2 aromatic carbocycles. The van der Waals surface area contributed by atoms with Crippen molar-refractivity contribution in [3.8, 4) is 0 Å². The van der Waals surface area contributed by atoms with Crippen LogP contribution in [0.25, 0.3) is 0 Å². The summed E-state index contributed by atoms with van der Waals surface area (Å²) in [4.78, 5) is 38.6. The lowest BCUT2D eigenvalue weighted by Gasteiger charge is -2.13. The first-order chi connectivity index (χ1) is 13.6. The maximum Gasteiger partial charge on any atom is 0.261 e. The number of nitrogens with one attached hydrogen (secondary N) is 1. The van der Waals surface area contributed by atoms with Crippen molar-refractivity contribution < 1.29 is 18.8 Å². The lowest BCUT2D eigenvalue weighted by molar-refractivity contribution is -0.121. The van der Waals surface area contributed by atoms with E-state index >= 15 is 0 Å². The Hall–Kier alpha value is -2.67. The number of hydrogen-bond donors (Lipinski definition) is 1. The summed E-state index contributed by atoms with van der Waals surface area (Å²) in [6.07, 6.45) is 1.49. The molecule has 2 aromatic rings. The number of imide groups is 1. The second-order valence-electron chi connectivity index (χ2n) is 6.42. The minimum atomic E-state index is -0.293. The van der Waals surface area contributed by atoms with Gasteiger partial charge in [-0.2, -0.15) is 0 Å². The maximum atomic E-state index is 12.8. The molecule has 3 amide bonds. The van der Waals surface area contributed by atoms with Crippen molar-refractivity contribution in [2.24, 2.45) is 0 Å². The Balaban J connectivity index is 1.30. The Morgan fingerprint density at radius 2 is 1.61 bits per heavy atom. The Morgan fingerprint density at radius 3 is 2.25 bits per heavy atom. The third kappa shape index (κ3) is 4.98. The molecule has 146 valence electrons. The van der Waals surface area contributed by atoms with Crippen LogP contribution in [0.4, 0.5) is 4.39 Å². The Bertz CT molecular complexity index is 835. The van der Waals surface area contributed by atoms with Crippen LogP contribution < -0.4 is 5.32 Å². The highest BCUT2D eigenvalue weighted by Gasteiger charge is 2.34. The van der Waals surface area contributed by atoms with Crippen LogP contribution in [0.3, 0.4) is 0 Å². The van der Waals surface area contributed by atoms with Gasteiger partial charge in [0.15, 0.2) is 0 Å². The van der Waals surface area contributed by atoms with E-state index in [2.05, 4.69) is 5.32 Å². The fourth-order valence-electron chi connectivity index (χ4n) is 2.95. The first-order valence-electron chi connectivity index (χ1n) is 9.16. The van der Waals surface area contributed by atoms with Crippen LogP contribution in [-0.2, 0) is 4.79 Å². The number of halogens is 1. The molecule has 0 aromatic heterocycles. The zero-order valence-corrected chi connectivity index (χ0v) is 16.1. The van der Waals surface area contributed by atoms with Gasteiger partial charge < -0.3 is 5.32 Å². The van der Waals surface area contributed by atoms with Crippen molar-refractivity contribution in [1.82, 2.24) is 10.2 Å². The van der Waals surface area contributed by atoms with Crippen molar-refractivity contribution in [2.75, 3.05) is 18.8 Å². The van der Waals surface area contributed by atoms with Gasteiger partial charge in [0.05, 0.1) is 11.1 Å². The number of fused-ring (bicyclic) bond motifs is 1. The van der Waals surface area contributed by atoms with Gasteiger partial charge in [0, 0.05) is 24.4 Å². The maximum absolute atomic E-state index is 12.8. The van der Waals surface area contributed by atoms with E-state index in [9.17, 15) is 18.8 Å². The molecule has 0 unspecified atom stereocenters. The molecule has 0 bridgehead atoms. The summed E-state index contributed by atoms with van der Waals surface area (Å²) in [6.45, 7) is 0.792. The van der Waals surface area contributed by atoms with Crippen molar-refractivity contribution in [3.05, 3.63) is 65.5 Å². The number of hydrogen-bond acceptors (Lipinski definition) is 4. The lowest BCUT2D eigenvalue weighted by Crippen LogP contribution is -2.32. The molecule has 5 nitrogen and oxygen atoms in total. The van der Waals surface area contributed by atoms with Gasteiger partial charge in [0.25, 0.3) is 11.8 Å². The number of carbonyl (C=O) groups is 3. The van der Waals surface area contributed by atoms with E-state index in [0.29, 0.717) is 24.1 Å². The number of rotatable bonds is 9. The fourth-order valence-corrected chi connectivity index (χ4v) is 3.80. The Kier molecular flexibility index (Phi) is 6.81. The topological polar surface area (TPSA) is 66.5 Å². The minimum absolute atomic E-state index is 0.0941. The van der Waals surface area contributed by atoms with Crippen molar-refractivity contribution in [1.29, 1.82) is 0 Å². The van der Waals surface area contributed by atoms with E-state index in [0.717, 1.165) is 17.1 Å². The van der Waals surface area contributed by atoms with E-state index in [4.69, 9.17) is 0 Å². The predicted octanol–water partition coefficient (Wildman–Crippen LogP) is 3.50. The molecule has 7 heteroatoms. The number of amides is 3. The average molecular weight is 400 g/mol. The monoisotopic (exact) mass is 400 g/mol. The van der Waals surface area contributed by atoms with Gasteiger partial charge in [-0.1, -0.05) is 12.1 Å². The van der Waals surface area contributed by atoms with E-state index in [1.165, 1.54) is 17.0 Å². The molecular weight excluding hydrogens is 379 g/mol. The number of thioether (sulfide) groups is 1. The summed E-state index contributed by atoms with van der Waals surface area (Å²) in [5, 5.41) is 2.84. The highest BCUT2D eigenvalue weighted by molar-refractivity contribution is 7.99. The van der Waals surface area contributed by atoms with Crippen LogP contribution in [0.15, 0.2) is 53.4 Å². The normalized spacial score (nSPS) is 13.0. The Labute approximate surface area is 167 Å². The lowest BCUT2D eigenvalue weighted by atomic mass is 10.1. The molecule has 1 aliphatic rings. The van der Waals surface area contributed by atoms with Gasteiger partial charge in [-0.25, -0.2) is 4.39 Å². The largest absolute Gasteiger partial charge is 0.356 e. The molecule has 28 heavy (non-hydrogen) atoms. The fraction of sp³-hybridized carbons (Fsp3) is 0.286. The van der Waals surface area contributed by atoms with E-state index in [1.54, 1.807) is 48.2 Å². The third-order valence-electron chi connectivity index (χ3n) is 4.39. The first kappa shape index (κ1) is 20.1. The molecule has 0 radical (unpaired) electrons. The number of carbonyl (C=O) groups excluding carboxylic acids is 3. The van der Waals surface area contributed by atoms with Crippen LogP contribution in [0.5, 0.6) is 0 Å². The van der Waals surface area contributed by atoms with Crippen LogP contribution >= 0.6 is 11.8 Å². The molecular formula is C21H21FN2O3S. The predicted molar refractivity (Wildman–Crippen MR) is 106 cm³/mol. The quantitative estimate of drug-likeness (QED) is 0.397. The highest BCUT2D eigenvalue weighted by atomic mass is 32.2. The zero-order valence-electron chi connectivity index (χ0n) is 15.3. The molecule has 0 saturated carbocycles. The summed E-state index contributed by atoms with van der Waals surface area (Å²) < 4.78 is 12.8. The van der Waals surface area contributed by atoms with Crippen LogP contribution in [-0.4, -0.2) is 41.5 Å². The van der Waals surface area contributed by atoms with E-state index < -0.39 is 0 Å². The van der Waals surface area contributed by atoms with E-state index in [-0.39, 0.29) is 36.5 Å². The van der Waals surface area contributed by atoms with Crippen LogP contribution in [0, 0.1) is 5.82 Å². The zero-order chi connectivity index (χ0) is 19.9. The van der Waals surface area contributed by atoms with Gasteiger partial charge in [-0.05, 0) is 55.0 Å². The molecule has 0 saturated heterocycles. The molecule has 1 heterocycles. The van der Waals surface area contributed by atoms with Gasteiger partial charge in [0.1, 0.15) is 5.82 Å². The Morgan fingerprint density at radius 1 is 0.964 bits per heavy atom. The van der Waals surface area contributed by atoms with Crippen molar-refractivity contribution in [2.45, 2.75) is 24.2 Å². The summed E-state index contributed by atoms with van der Waals surface area (Å²) in [5.41, 5.74) is 0.853. The molecule has 1 aliphatic heterocycles. The smallest absolute Gasteiger partial charge is 0.261 e. The summed E-state index contributed by atoms with van der Waals surface area (Å²) in [6, 6.07) is 13.1. The second kappa shape index (κ2) is 9.50. The second-order valence-corrected chi connectivity index (χ2v) is 7.59. The molecule has 0 fully saturated rings. The van der Waals surface area contributed by atoms with Crippen molar-refractivity contribution >= 4 is 29.5 Å². The SMILES string of the molecule is O=C(CCCN1C(=O)c2ccccc2C1=O)NCCCSc1ccc(F)cc1. The highest BCUT2D eigenvalue weighted by Crippen LogP contribution is 2.22. The standard InChI is InChI=1S/C21H21FN2O3S/c22-15-8-10-16(11-9-15)28-14-4-12-23-19(25)7-3-13-24-20(26)17-5-1-2-6-18(17)21(24)27/h1-2,5-6,8-11H,3-4,7,12-14H2,(H,23,25). The number of benzene rings is 2. The first-order valence-corrected chi connectivity index (χ1v) is 10.1. The molecule has 0 spiro atoms. The summed E-state index contributed by atoms with van der Waals surface area (Å²) in [7, 11) is 0. The van der Waals surface area contributed by atoms with Gasteiger partial charge in [0.2, 0.25) is 5.91 Å². The number of nitrogens with zero attached hydrogens (tertiary/aromatic N) is 1. The van der Waals surface area contributed by atoms with Gasteiger partial charge in [-0.15, -0.1) is 11.8 Å². The van der Waals surface area contributed by atoms with Gasteiger partial charge >= 0.3 is 0 Å². The molecule has 3 rings (SSSR count). The average Bonchev–Trinajstić information content (AvgIpc) is 2.94. The summed E-state index contributed by atoms with van der Waals surface area (Å²) >= 11 is 1.61. The third-order valence-corrected chi connectivity index (χ3v) is 5.49.